The molecule has 8 heteroatoms. The van der Waals surface area contributed by atoms with Crippen molar-refractivity contribution in [1.82, 2.24) is 4.31 Å². The molecular weight excluding hydrogens is 290 g/mol. The van der Waals surface area contributed by atoms with Crippen LogP contribution in [0.25, 0.3) is 0 Å². The Balaban J connectivity index is 2.34. The molecule has 0 aliphatic carbocycles. The molecule has 2 unspecified atom stereocenters. The average molecular weight is 305 g/mol. The molecule has 1 aliphatic rings. The third-order valence-corrected chi connectivity index (χ3v) is 6.38. The Bertz CT molecular complexity index is 580. The first kappa shape index (κ1) is 14.4. The van der Waals surface area contributed by atoms with Gasteiger partial charge in [0.1, 0.15) is 4.88 Å². The molecule has 0 amide bonds. The van der Waals surface area contributed by atoms with Crippen LogP contribution in [0.1, 0.15) is 23.0 Å². The highest BCUT2D eigenvalue weighted by atomic mass is 32.2. The summed E-state index contributed by atoms with van der Waals surface area (Å²) in [5, 5.41) is 19.5. The van der Waals surface area contributed by atoms with Gasteiger partial charge in [-0.25, -0.2) is 13.2 Å². The Morgan fingerprint density at radius 1 is 1.58 bits per heavy atom. The van der Waals surface area contributed by atoms with Crippen LogP contribution in [0.2, 0.25) is 0 Å². The third kappa shape index (κ3) is 2.53. The standard InChI is InChI=1S/C11H15NO5S2/c1-7-2-3-12(9(7)5-13)19(16,17)8-4-10(11(14)15)18-6-8/h4,6-7,9,13H,2-3,5H2,1H3,(H,14,15). The Morgan fingerprint density at radius 2 is 2.26 bits per heavy atom. The summed E-state index contributed by atoms with van der Waals surface area (Å²) in [6.07, 6.45) is 0.695. The quantitative estimate of drug-likeness (QED) is 0.859. The van der Waals surface area contributed by atoms with Gasteiger partial charge in [-0.3, -0.25) is 0 Å². The molecule has 106 valence electrons. The Hall–Kier alpha value is -0.960. The van der Waals surface area contributed by atoms with E-state index >= 15 is 0 Å². The minimum atomic E-state index is -3.73. The van der Waals surface area contributed by atoms with Crippen molar-refractivity contribution in [3.63, 3.8) is 0 Å². The zero-order chi connectivity index (χ0) is 14.2. The van der Waals surface area contributed by atoms with E-state index in [1.807, 2.05) is 6.92 Å². The molecular formula is C11H15NO5S2. The van der Waals surface area contributed by atoms with Crippen molar-refractivity contribution in [2.45, 2.75) is 24.3 Å². The van der Waals surface area contributed by atoms with Gasteiger partial charge in [-0.05, 0) is 18.4 Å². The molecule has 2 heterocycles. The number of nitrogens with zero attached hydrogens (tertiary/aromatic N) is 1. The Kier molecular flexibility index (Phi) is 3.95. The predicted molar refractivity (Wildman–Crippen MR) is 69.8 cm³/mol. The van der Waals surface area contributed by atoms with Crippen molar-refractivity contribution in [2.24, 2.45) is 5.92 Å². The van der Waals surface area contributed by atoms with Gasteiger partial charge in [0.25, 0.3) is 0 Å². The molecule has 0 aromatic carbocycles. The van der Waals surface area contributed by atoms with E-state index in [9.17, 15) is 18.3 Å². The summed E-state index contributed by atoms with van der Waals surface area (Å²) in [6.45, 7) is 2.02. The number of carboxylic acids is 1. The second kappa shape index (κ2) is 5.20. The highest BCUT2D eigenvalue weighted by Crippen LogP contribution is 2.31. The number of thiophene rings is 1. The van der Waals surface area contributed by atoms with Gasteiger partial charge in [0.15, 0.2) is 0 Å². The predicted octanol–water partition coefficient (Wildman–Crippen LogP) is 0.838. The molecule has 0 spiro atoms. The van der Waals surface area contributed by atoms with Crippen LogP contribution < -0.4 is 0 Å². The Labute approximate surface area is 115 Å². The maximum Gasteiger partial charge on any atom is 0.345 e. The summed E-state index contributed by atoms with van der Waals surface area (Å²) in [7, 11) is -3.73. The van der Waals surface area contributed by atoms with E-state index in [0.717, 1.165) is 11.3 Å². The maximum absolute atomic E-state index is 12.4. The van der Waals surface area contributed by atoms with Crippen molar-refractivity contribution in [3.05, 3.63) is 16.3 Å². The number of aliphatic hydroxyl groups is 1. The van der Waals surface area contributed by atoms with E-state index in [1.54, 1.807) is 0 Å². The van der Waals surface area contributed by atoms with Gasteiger partial charge in [-0.15, -0.1) is 11.3 Å². The molecule has 1 saturated heterocycles. The van der Waals surface area contributed by atoms with E-state index in [1.165, 1.54) is 15.8 Å². The lowest BCUT2D eigenvalue weighted by molar-refractivity contribution is 0.0702. The number of sulfonamides is 1. The van der Waals surface area contributed by atoms with Gasteiger partial charge >= 0.3 is 5.97 Å². The highest BCUT2D eigenvalue weighted by molar-refractivity contribution is 7.89. The molecule has 2 rings (SSSR count). The minimum Gasteiger partial charge on any atom is -0.477 e. The van der Waals surface area contributed by atoms with Gasteiger partial charge in [0, 0.05) is 11.9 Å². The summed E-state index contributed by atoms with van der Waals surface area (Å²) >= 11 is 0.885. The van der Waals surface area contributed by atoms with Crippen LogP contribution in [0.3, 0.4) is 0 Å². The van der Waals surface area contributed by atoms with Gasteiger partial charge in [-0.2, -0.15) is 4.31 Å². The van der Waals surface area contributed by atoms with Gasteiger partial charge in [0.05, 0.1) is 17.5 Å². The third-order valence-electron chi connectivity index (χ3n) is 3.41. The number of carbonyl (C=O) groups is 1. The average Bonchev–Trinajstić information content (AvgIpc) is 2.95. The molecule has 0 saturated carbocycles. The summed E-state index contributed by atoms with van der Waals surface area (Å²) in [5.74, 6) is -1.04. The molecule has 0 bridgehead atoms. The van der Waals surface area contributed by atoms with Crippen molar-refractivity contribution >= 4 is 27.3 Å². The summed E-state index contributed by atoms with van der Waals surface area (Å²) in [6, 6.07) is 0.734. The summed E-state index contributed by atoms with van der Waals surface area (Å²) < 4.78 is 26.1. The van der Waals surface area contributed by atoms with Crippen LogP contribution in [0, 0.1) is 5.92 Å². The zero-order valence-corrected chi connectivity index (χ0v) is 11.9. The molecule has 6 nitrogen and oxygen atoms in total. The molecule has 1 fully saturated rings. The second-order valence-corrected chi connectivity index (χ2v) is 7.39. The van der Waals surface area contributed by atoms with Crippen LogP contribution in [0.5, 0.6) is 0 Å². The van der Waals surface area contributed by atoms with Crippen molar-refractivity contribution in [1.29, 1.82) is 0 Å². The second-order valence-electron chi connectivity index (χ2n) is 4.58. The fourth-order valence-electron chi connectivity index (χ4n) is 2.24. The van der Waals surface area contributed by atoms with E-state index in [0.29, 0.717) is 13.0 Å². The highest BCUT2D eigenvalue weighted by Gasteiger charge is 2.39. The first-order chi connectivity index (χ1) is 8.87. The normalized spacial score (nSPS) is 24.7. The van der Waals surface area contributed by atoms with Crippen molar-refractivity contribution < 1.29 is 23.4 Å². The topological polar surface area (TPSA) is 94.9 Å². The molecule has 1 aromatic rings. The van der Waals surface area contributed by atoms with E-state index in [4.69, 9.17) is 5.11 Å². The van der Waals surface area contributed by atoms with Crippen molar-refractivity contribution in [3.8, 4) is 0 Å². The SMILES string of the molecule is CC1CCN(S(=O)(=O)c2csc(C(=O)O)c2)C1CO. The van der Waals surface area contributed by atoms with Gasteiger partial charge in [-0.1, -0.05) is 6.92 Å². The van der Waals surface area contributed by atoms with Crippen molar-refractivity contribution in [2.75, 3.05) is 13.2 Å². The largest absolute Gasteiger partial charge is 0.477 e. The van der Waals surface area contributed by atoms with Gasteiger partial charge < -0.3 is 10.2 Å². The number of aromatic carboxylic acids is 1. The number of hydrogen-bond donors (Lipinski definition) is 2. The Morgan fingerprint density at radius 3 is 2.79 bits per heavy atom. The van der Waals surface area contributed by atoms with Crippen LogP contribution in [-0.2, 0) is 10.0 Å². The first-order valence-electron chi connectivity index (χ1n) is 5.82. The fraction of sp³-hybridized carbons (Fsp3) is 0.545. The minimum absolute atomic E-state index is 0.00799. The van der Waals surface area contributed by atoms with Gasteiger partial charge in [0.2, 0.25) is 10.0 Å². The lowest BCUT2D eigenvalue weighted by atomic mass is 10.0. The van der Waals surface area contributed by atoms with E-state index < -0.39 is 22.0 Å². The molecule has 2 N–H and O–H groups in total. The van der Waals surface area contributed by atoms with E-state index in [-0.39, 0.29) is 22.3 Å². The first-order valence-corrected chi connectivity index (χ1v) is 8.14. The molecule has 19 heavy (non-hydrogen) atoms. The lowest BCUT2D eigenvalue weighted by Gasteiger charge is -2.23. The zero-order valence-electron chi connectivity index (χ0n) is 10.3. The number of aliphatic hydroxyl groups excluding tert-OH is 1. The van der Waals surface area contributed by atoms with E-state index in [2.05, 4.69) is 0 Å². The number of rotatable bonds is 4. The molecule has 1 aromatic heterocycles. The monoisotopic (exact) mass is 305 g/mol. The van der Waals surface area contributed by atoms with Crippen LogP contribution in [-0.4, -0.2) is 48.1 Å². The summed E-state index contributed by atoms with van der Waals surface area (Å²) in [5.41, 5.74) is 0. The fourth-order valence-corrected chi connectivity index (χ4v) is 5.07. The lowest BCUT2D eigenvalue weighted by Crippen LogP contribution is -2.39. The van der Waals surface area contributed by atoms with Crippen LogP contribution in [0.4, 0.5) is 0 Å². The molecule has 2 atom stereocenters. The van der Waals surface area contributed by atoms with Crippen LogP contribution in [0.15, 0.2) is 16.3 Å². The smallest absolute Gasteiger partial charge is 0.345 e. The maximum atomic E-state index is 12.4. The summed E-state index contributed by atoms with van der Waals surface area (Å²) in [4.78, 5) is 10.8. The molecule has 1 aliphatic heterocycles. The molecule has 0 radical (unpaired) electrons. The number of carboxylic acid groups (broad SMARTS) is 1. The van der Waals surface area contributed by atoms with Crippen LogP contribution >= 0.6 is 11.3 Å². The number of hydrogen-bond acceptors (Lipinski definition) is 5.